The number of anilines is 1. The van der Waals surface area contributed by atoms with Crippen LogP contribution in [0.5, 0.6) is 5.75 Å². The van der Waals surface area contributed by atoms with Gasteiger partial charge in [0.15, 0.2) is 5.71 Å². The highest BCUT2D eigenvalue weighted by Crippen LogP contribution is 2.34. The topological polar surface area (TPSA) is 15.5 Å². The number of ether oxygens (including phenoxy) is 1. The Labute approximate surface area is 286 Å². The van der Waals surface area contributed by atoms with Crippen molar-refractivity contribution in [3.05, 3.63) is 161 Å². The van der Waals surface area contributed by atoms with E-state index in [1.807, 2.05) is 0 Å². The van der Waals surface area contributed by atoms with E-state index in [2.05, 4.69) is 180 Å². The third kappa shape index (κ3) is 6.92. The van der Waals surface area contributed by atoms with Gasteiger partial charge in [0, 0.05) is 43.1 Å². The van der Waals surface area contributed by atoms with E-state index in [1.165, 1.54) is 72.2 Å². The second-order valence-corrected chi connectivity index (χ2v) is 13.1. The van der Waals surface area contributed by atoms with Crippen molar-refractivity contribution in [3.63, 3.8) is 0 Å². The maximum atomic E-state index is 6.72. The van der Waals surface area contributed by atoms with Gasteiger partial charge in [-0.1, -0.05) is 78.4 Å². The molecule has 6 rings (SSSR count). The van der Waals surface area contributed by atoms with Crippen LogP contribution in [0.3, 0.4) is 0 Å². The minimum absolute atomic E-state index is 0.864. The molecule has 0 radical (unpaired) electrons. The van der Waals surface area contributed by atoms with Gasteiger partial charge in [0.25, 0.3) is 0 Å². The molecular formula is C45H47N2O+. The molecule has 0 fully saturated rings. The Morgan fingerprint density at radius 3 is 2.10 bits per heavy atom. The van der Waals surface area contributed by atoms with E-state index in [0.29, 0.717) is 0 Å². The predicted octanol–water partition coefficient (Wildman–Crippen LogP) is 11.7. The first-order valence-corrected chi connectivity index (χ1v) is 17.0. The highest BCUT2D eigenvalue weighted by Gasteiger charge is 2.20. The first-order chi connectivity index (χ1) is 23.2. The molecule has 0 spiro atoms. The van der Waals surface area contributed by atoms with Gasteiger partial charge in [-0.2, -0.15) is 4.58 Å². The minimum Gasteiger partial charge on any atom is -0.457 e. The van der Waals surface area contributed by atoms with E-state index in [9.17, 15) is 0 Å². The molecule has 3 heteroatoms. The van der Waals surface area contributed by atoms with Gasteiger partial charge in [0.1, 0.15) is 18.6 Å². The lowest BCUT2D eigenvalue weighted by molar-refractivity contribution is -0.404. The third-order valence-electron chi connectivity index (χ3n) is 9.89. The lowest BCUT2D eigenvalue weighted by atomic mass is 9.92. The van der Waals surface area contributed by atoms with E-state index < -0.39 is 0 Å². The molecule has 1 aliphatic carbocycles. The van der Waals surface area contributed by atoms with Crippen LogP contribution in [0.2, 0.25) is 0 Å². The number of benzene rings is 5. The Morgan fingerprint density at radius 2 is 1.40 bits per heavy atom. The molecule has 0 saturated heterocycles. The maximum absolute atomic E-state index is 6.72. The summed E-state index contributed by atoms with van der Waals surface area (Å²) in [4.78, 5) is 2.29. The third-order valence-corrected chi connectivity index (χ3v) is 9.89. The van der Waals surface area contributed by atoms with Gasteiger partial charge >= 0.3 is 0 Å². The molecule has 0 saturated carbocycles. The van der Waals surface area contributed by atoms with E-state index in [4.69, 9.17) is 4.74 Å². The first-order valence-electron chi connectivity index (χ1n) is 17.0. The smallest absolute Gasteiger partial charge is 0.208 e. The maximum Gasteiger partial charge on any atom is 0.208 e. The molecule has 0 unspecified atom stereocenters. The molecular weight excluding hydrogens is 585 g/mol. The summed E-state index contributed by atoms with van der Waals surface area (Å²) in [6, 6.07) is 34.5. The molecule has 48 heavy (non-hydrogen) atoms. The van der Waals surface area contributed by atoms with Gasteiger partial charge < -0.3 is 9.64 Å². The quantitative estimate of drug-likeness (QED) is 0.125. The zero-order valence-electron chi connectivity index (χ0n) is 29.5. The summed E-state index contributed by atoms with van der Waals surface area (Å²) < 4.78 is 9.01. The normalized spacial score (nSPS) is 15.5. The van der Waals surface area contributed by atoms with Gasteiger partial charge in [0.2, 0.25) is 5.69 Å². The molecule has 1 aliphatic rings. The summed E-state index contributed by atoms with van der Waals surface area (Å²) in [5.41, 5.74) is 11.0. The largest absolute Gasteiger partial charge is 0.457 e. The monoisotopic (exact) mass is 631 g/mol. The zero-order chi connectivity index (χ0) is 33.8. The number of hydrogen-bond donors (Lipinski definition) is 0. The van der Waals surface area contributed by atoms with Crippen molar-refractivity contribution in [3.8, 4) is 5.75 Å². The molecule has 0 heterocycles. The number of nitrogens with zero attached hydrogens (tertiary/aromatic N) is 2. The Balaban J connectivity index is 1.35. The average molecular weight is 632 g/mol. The minimum atomic E-state index is 0.864. The van der Waals surface area contributed by atoms with Gasteiger partial charge in [-0.05, 0) is 122 Å². The summed E-state index contributed by atoms with van der Waals surface area (Å²) >= 11 is 0. The Kier molecular flexibility index (Phi) is 9.77. The summed E-state index contributed by atoms with van der Waals surface area (Å²) in [6.45, 7) is 10.9. The number of fused-ring (bicyclic) bond motifs is 2. The van der Waals surface area contributed by atoms with Gasteiger partial charge in [-0.25, -0.2) is 0 Å². The molecule has 0 atom stereocenters. The van der Waals surface area contributed by atoms with Gasteiger partial charge in [0.05, 0.1) is 0 Å². The van der Waals surface area contributed by atoms with E-state index in [0.717, 1.165) is 30.8 Å². The lowest BCUT2D eigenvalue weighted by Gasteiger charge is -2.24. The van der Waals surface area contributed by atoms with Crippen LogP contribution in [0.25, 0.3) is 21.5 Å². The Hall–Kier alpha value is -5.15. The van der Waals surface area contributed by atoms with Crippen molar-refractivity contribution in [1.29, 1.82) is 0 Å². The van der Waals surface area contributed by atoms with Crippen LogP contribution in [-0.2, 0) is 0 Å². The van der Waals surface area contributed by atoms with Crippen molar-refractivity contribution in [2.24, 2.45) is 0 Å². The highest BCUT2D eigenvalue weighted by molar-refractivity contribution is 5.92. The molecule has 0 aromatic heterocycles. The molecule has 242 valence electrons. The van der Waals surface area contributed by atoms with Crippen molar-refractivity contribution >= 4 is 38.6 Å². The molecule has 5 aromatic carbocycles. The second kappa shape index (κ2) is 14.3. The van der Waals surface area contributed by atoms with Crippen molar-refractivity contribution in [2.45, 2.75) is 53.9 Å². The molecule has 5 aromatic rings. The number of allylic oxidation sites excluding steroid dienone is 7. The van der Waals surface area contributed by atoms with Gasteiger partial charge in [-0.15, -0.1) is 0 Å². The molecule has 0 amide bonds. The molecule has 3 nitrogen and oxygen atoms in total. The standard InChI is InChI=1S/C45H47N2O/c1-31-19-27-40(28-20-31)48-45-38(23-21-32(2)46(6)43-29-25-36-13-8-10-17-41(36)34(43)4)15-12-16-39(45)24-22-33(3)47(7)44-30-26-37-14-9-11-18-42(37)35(44)5/h8-11,13-14,17-30H,12,15-16H2,1-7H3/q+1. The fourth-order valence-electron chi connectivity index (χ4n) is 6.68. The molecule has 0 aliphatic heterocycles. The summed E-state index contributed by atoms with van der Waals surface area (Å²) in [6.07, 6.45) is 12.0. The summed E-state index contributed by atoms with van der Waals surface area (Å²) in [7, 11) is 4.31. The SMILES string of the molecule is C/C(=C\C=C1/CCCC(/C=C/C(C)=[N+](\C)c2ccc3ccccc3c2C)=C1Oc1ccc(C)cc1)N(C)c1ccc2ccccc2c1C. The fraction of sp³-hybridized carbons (Fsp3) is 0.222. The van der Waals surface area contributed by atoms with Crippen LogP contribution < -0.4 is 9.64 Å². The van der Waals surface area contributed by atoms with Crippen LogP contribution in [0, 0.1) is 20.8 Å². The fourth-order valence-corrected chi connectivity index (χ4v) is 6.68. The van der Waals surface area contributed by atoms with Crippen molar-refractivity contribution < 1.29 is 9.31 Å². The Morgan fingerprint density at radius 1 is 0.750 bits per heavy atom. The van der Waals surface area contributed by atoms with Crippen LogP contribution in [-0.4, -0.2) is 24.4 Å². The van der Waals surface area contributed by atoms with Crippen LogP contribution in [0.4, 0.5) is 11.4 Å². The zero-order valence-corrected chi connectivity index (χ0v) is 29.5. The van der Waals surface area contributed by atoms with Crippen LogP contribution in [0.1, 0.15) is 49.8 Å². The van der Waals surface area contributed by atoms with E-state index in [1.54, 1.807) is 0 Å². The van der Waals surface area contributed by atoms with Crippen molar-refractivity contribution in [1.82, 2.24) is 0 Å². The lowest BCUT2D eigenvalue weighted by Crippen LogP contribution is -2.15. The van der Waals surface area contributed by atoms with Crippen LogP contribution >= 0.6 is 0 Å². The average Bonchev–Trinajstić information content (AvgIpc) is 3.11. The van der Waals surface area contributed by atoms with E-state index in [-0.39, 0.29) is 0 Å². The highest BCUT2D eigenvalue weighted by atomic mass is 16.5. The van der Waals surface area contributed by atoms with Gasteiger partial charge in [-0.3, -0.25) is 0 Å². The number of rotatable bonds is 8. The second-order valence-electron chi connectivity index (χ2n) is 13.1. The van der Waals surface area contributed by atoms with E-state index >= 15 is 0 Å². The van der Waals surface area contributed by atoms with Crippen LogP contribution in [0.15, 0.2) is 144 Å². The molecule has 0 bridgehead atoms. The number of aryl methyl sites for hydroxylation is 3. The summed E-state index contributed by atoms with van der Waals surface area (Å²) in [5.74, 6) is 1.83. The Bertz CT molecular complexity index is 2140. The first kappa shape index (κ1) is 32.8. The number of hydrogen-bond acceptors (Lipinski definition) is 2. The van der Waals surface area contributed by atoms with Crippen molar-refractivity contribution in [2.75, 3.05) is 19.0 Å². The molecule has 0 N–H and O–H groups in total. The summed E-state index contributed by atoms with van der Waals surface area (Å²) in [5, 5.41) is 5.13. The predicted molar refractivity (Wildman–Crippen MR) is 206 cm³/mol.